The minimum absolute atomic E-state index is 0.110. The molecule has 2 rings (SSSR count). The third-order valence-electron chi connectivity index (χ3n) is 3.23. The molecule has 4 atom stereocenters. The van der Waals surface area contributed by atoms with E-state index in [0.29, 0.717) is 11.3 Å². The van der Waals surface area contributed by atoms with E-state index in [4.69, 9.17) is 11.6 Å². The molecule has 0 amide bonds. The number of fused-ring (bicyclic) bond motifs is 1. The fraction of sp³-hybridized carbons (Fsp3) is 1.00. The molecule has 0 spiro atoms. The average Bonchev–Trinajstić information content (AvgIpc) is 2.38. The topological polar surface area (TPSA) is 20.2 Å². The molecule has 0 radical (unpaired) electrons. The average molecular weight is 161 g/mol. The summed E-state index contributed by atoms with van der Waals surface area (Å²) in [6, 6.07) is 0. The highest BCUT2D eigenvalue weighted by Gasteiger charge is 2.64. The van der Waals surface area contributed by atoms with Gasteiger partial charge in [0.25, 0.3) is 0 Å². The van der Waals surface area contributed by atoms with Crippen molar-refractivity contribution in [3.8, 4) is 0 Å². The van der Waals surface area contributed by atoms with E-state index in [1.165, 1.54) is 6.42 Å². The van der Waals surface area contributed by atoms with Crippen molar-refractivity contribution in [1.82, 2.24) is 0 Å². The van der Waals surface area contributed by atoms with Crippen LogP contribution in [0, 0.1) is 11.3 Å². The van der Waals surface area contributed by atoms with Gasteiger partial charge in [0.05, 0.1) is 6.10 Å². The number of hydrogen-bond donors (Lipinski definition) is 1. The zero-order valence-electron chi connectivity index (χ0n) is 6.18. The Hall–Kier alpha value is 0.250. The summed E-state index contributed by atoms with van der Waals surface area (Å²) in [7, 11) is 0. The first-order chi connectivity index (χ1) is 4.66. The van der Waals surface area contributed by atoms with Crippen molar-refractivity contribution in [3.63, 3.8) is 0 Å². The molecule has 0 heterocycles. The number of aliphatic hydroxyl groups is 1. The lowest BCUT2D eigenvalue weighted by atomic mass is 9.88. The van der Waals surface area contributed by atoms with Gasteiger partial charge in [-0.3, -0.25) is 0 Å². The molecule has 0 aromatic carbocycles. The SMILES string of the molecule is C[C@]12CCC[C@@H](O)C1[C@@H]2Cl. The predicted molar refractivity (Wildman–Crippen MR) is 41.1 cm³/mol. The molecule has 2 aliphatic rings. The van der Waals surface area contributed by atoms with Gasteiger partial charge < -0.3 is 5.11 Å². The zero-order chi connectivity index (χ0) is 7.35. The summed E-state index contributed by atoms with van der Waals surface area (Å²) in [5.74, 6) is 0.405. The quantitative estimate of drug-likeness (QED) is 0.536. The zero-order valence-corrected chi connectivity index (χ0v) is 6.93. The van der Waals surface area contributed by atoms with Gasteiger partial charge in [0.15, 0.2) is 0 Å². The van der Waals surface area contributed by atoms with E-state index >= 15 is 0 Å². The van der Waals surface area contributed by atoms with Crippen molar-refractivity contribution in [2.45, 2.75) is 37.7 Å². The molecular weight excluding hydrogens is 148 g/mol. The van der Waals surface area contributed by atoms with Crippen molar-refractivity contribution in [1.29, 1.82) is 0 Å². The molecule has 2 saturated carbocycles. The van der Waals surface area contributed by atoms with Crippen molar-refractivity contribution in [2.24, 2.45) is 11.3 Å². The maximum atomic E-state index is 9.47. The van der Waals surface area contributed by atoms with E-state index in [9.17, 15) is 5.11 Å². The third-order valence-corrected chi connectivity index (χ3v) is 4.00. The van der Waals surface area contributed by atoms with Gasteiger partial charge in [-0.2, -0.15) is 0 Å². The van der Waals surface area contributed by atoms with Crippen LogP contribution in [0.2, 0.25) is 0 Å². The van der Waals surface area contributed by atoms with E-state index in [2.05, 4.69) is 6.92 Å². The van der Waals surface area contributed by atoms with Gasteiger partial charge in [0.2, 0.25) is 0 Å². The molecule has 0 aromatic heterocycles. The predicted octanol–water partition coefficient (Wildman–Crippen LogP) is 1.77. The molecule has 10 heavy (non-hydrogen) atoms. The maximum Gasteiger partial charge on any atom is 0.0588 e. The third kappa shape index (κ3) is 0.680. The Morgan fingerprint density at radius 1 is 1.60 bits per heavy atom. The number of alkyl halides is 1. The van der Waals surface area contributed by atoms with E-state index in [-0.39, 0.29) is 11.5 Å². The number of rotatable bonds is 0. The lowest BCUT2D eigenvalue weighted by Gasteiger charge is -2.20. The minimum Gasteiger partial charge on any atom is -0.393 e. The van der Waals surface area contributed by atoms with E-state index < -0.39 is 0 Å². The molecule has 1 N–H and O–H groups in total. The summed E-state index contributed by atoms with van der Waals surface area (Å²) in [6.07, 6.45) is 3.21. The maximum absolute atomic E-state index is 9.47. The van der Waals surface area contributed by atoms with Crippen LogP contribution in [-0.4, -0.2) is 16.6 Å². The van der Waals surface area contributed by atoms with Crippen LogP contribution in [-0.2, 0) is 0 Å². The summed E-state index contributed by atoms with van der Waals surface area (Å²) >= 11 is 6.03. The van der Waals surface area contributed by atoms with E-state index in [0.717, 1.165) is 12.8 Å². The molecule has 2 aliphatic carbocycles. The van der Waals surface area contributed by atoms with Crippen molar-refractivity contribution < 1.29 is 5.11 Å². The van der Waals surface area contributed by atoms with Gasteiger partial charge in [-0.15, -0.1) is 11.6 Å². The Morgan fingerprint density at radius 3 is 2.80 bits per heavy atom. The summed E-state index contributed by atoms with van der Waals surface area (Å²) in [5, 5.41) is 9.73. The molecule has 0 aromatic rings. The lowest BCUT2D eigenvalue weighted by Crippen LogP contribution is -2.19. The van der Waals surface area contributed by atoms with Crippen LogP contribution in [0.15, 0.2) is 0 Å². The highest BCUT2D eigenvalue weighted by molar-refractivity contribution is 6.23. The Balaban J connectivity index is 2.13. The van der Waals surface area contributed by atoms with E-state index in [1.54, 1.807) is 0 Å². The van der Waals surface area contributed by atoms with Crippen LogP contribution >= 0.6 is 11.6 Å². The smallest absolute Gasteiger partial charge is 0.0588 e. The van der Waals surface area contributed by atoms with Gasteiger partial charge >= 0.3 is 0 Å². The first-order valence-electron chi connectivity index (χ1n) is 3.98. The van der Waals surface area contributed by atoms with Crippen molar-refractivity contribution >= 4 is 11.6 Å². The Labute approximate surface area is 66.4 Å². The summed E-state index contributed by atoms with van der Waals surface area (Å²) in [6.45, 7) is 2.19. The Kier molecular flexibility index (Phi) is 1.31. The number of aliphatic hydroxyl groups excluding tert-OH is 1. The summed E-state index contributed by atoms with van der Waals surface area (Å²) in [5.41, 5.74) is 0.291. The summed E-state index contributed by atoms with van der Waals surface area (Å²) < 4.78 is 0. The normalized spacial score (nSPS) is 59.7. The molecule has 0 bridgehead atoms. The second-order valence-corrected chi connectivity index (χ2v) is 4.36. The minimum atomic E-state index is -0.110. The number of halogens is 1. The molecular formula is C8H13ClO. The van der Waals surface area contributed by atoms with Crippen LogP contribution in [0.1, 0.15) is 26.2 Å². The molecule has 2 fully saturated rings. The highest BCUT2D eigenvalue weighted by Crippen LogP contribution is 2.63. The van der Waals surface area contributed by atoms with Crippen LogP contribution < -0.4 is 0 Å². The largest absolute Gasteiger partial charge is 0.393 e. The highest BCUT2D eigenvalue weighted by atomic mass is 35.5. The molecule has 2 heteroatoms. The number of hydrogen-bond acceptors (Lipinski definition) is 1. The summed E-state index contributed by atoms with van der Waals surface area (Å²) in [4.78, 5) is 0. The fourth-order valence-corrected chi connectivity index (χ4v) is 2.99. The molecule has 1 unspecified atom stereocenters. The van der Waals surface area contributed by atoms with Gasteiger partial charge in [0, 0.05) is 11.3 Å². The van der Waals surface area contributed by atoms with Crippen LogP contribution in [0.4, 0.5) is 0 Å². The first-order valence-corrected chi connectivity index (χ1v) is 4.42. The van der Waals surface area contributed by atoms with Crippen molar-refractivity contribution in [2.75, 3.05) is 0 Å². The first kappa shape index (κ1) is 6.93. The van der Waals surface area contributed by atoms with Crippen LogP contribution in [0.25, 0.3) is 0 Å². The van der Waals surface area contributed by atoms with Gasteiger partial charge in [-0.05, 0) is 18.3 Å². The van der Waals surface area contributed by atoms with E-state index in [1.807, 2.05) is 0 Å². The second kappa shape index (κ2) is 1.89. The molecule has 0 aliphatic heterocycles. The van der Waals surface area contributed by atoms with Gasteiger partial charge in [-0.1, -0.05) is 13.3 Å². The van der Waals surface area contributed by atoms with Crippen molar-refractivity contribution in [3.05, 3.63) is 0 Å². The van der Waals surface area contributed by atoms with Crippen LogP contribution in [0.3, 0.4) is 0 Å². The standard InChI is InChI=1S/C8H13ClO/c1-8-4-2-3-5(10)6(8)7(8)9/h5-7,10H,2-4H2,1H3/t5-,6?,7+,8+/m1/s1. The molecule has 0 saturated heterocycles. The fourth-order valence-electron chi connectivity index (χ4n) is 2.35. The monoisotopic (exact) mass is 160 g/mol. The molecule has 58 valence electrons. The Bertz CT molecular complexity index is 155. The lowest BCUT2D eigenvalue weighted by molar-refractivity contribution is 0.0977. The van der Waals surface area contributed by atoms with Gasteiger partial charge in [-0.25, -0.2) is 0 Å². The Morgan fingerprint density at radius 2 is 2.30 bits per heavy atom. The molecule has 1 nitrogen and oxygen atoms in total. The van der Waals surface area contributed by atoms with Crippen LogP contribution in [0.5, 0.6) is 0 Å². The van der Waals surface area contributed by atoms with Gasteiger partial charge in [0.1, 0.15) is 0 Å². The second-order valence-electron chi connectivity index (χ2n) is 3.89.